The number of amides is 1. The van der Waals surface area contributed by atoms with E-state index in [1.54, 1.807) is 26.2 Å². The summed E-state index contributed by atoms with van der Waals surface area (Å²) < 4.78 is 6.64. The van der Waals surface area contributed by atoms with Gasteiger partial charge < -0.3 is 15.9 Å². The number of ether oxygens (including phenoxy) is 1. The highest BCUT2D eigenvalue weighted by Gasteiger charge is 2.20. The van der Waals surface area contributed by atoms with Crippen molar-refractivity contribution >= 4 is 23.4 Å². The highest BCUT2D eigenvalue weighted by Crippen LogP contribution is 2.27. The average Bonchev–Trinajstić information content (AvgIpc) is 3.03. The molecule has 0 saturated carbocycles. The van der Waals surface area contributed by atoms with Crippen molar-refractivity contribution in [1.29, 1.82) is 0 Å². The number of benzene rings is 2. The van der Waals surface area contributed by atoms with E-state index < -0.39 is 5.25 Å². The molecule has 0 aliphatic rings. The molecule has 2 aromatic carbocycles. The molecule has 1 heterocycles. The van der Waals surface area contributed by atoms with Crippen molar-refractivity contribution in [2.24, 2.45) is 0 Å². The van der Waals surface area contributed by atoms with Gasteiger partial charge in [0.2, 0.25) is 11.1 Å². The first-order valence-electron chi connectivity index (χ1n) is 7.96. The normalized spacial score (nSPS) is 11.8. The summed E-state index contributed by atoms with van der Waals surface area (Å²) in [4.78, 5) is 12.5. The van der Waals surface area contributed by atoms with Crippen LogP contribution in [0.4, 0.5) is 5.69 Å². The largest absolute Gasteiger partial charge is 0.495 e. The van der Waals surface area contributed by atoms with Crippen LogP contribution in [-0.4, -0.2) is 33.1 Å². The van der Waals surface area contributed by atoms with Crippen molar-refractivity contribution in [2.75, 3.05) is 18.3 Å². The second-order valence-electron chi connectivity index (χ2n) is 5.49. The number of para-hydroxylation sites is 2. The van der Waals surface area contributed by atoms with Crippen molar-refractivity contribution < 1.29 is 9.53 Å². The number of hydrogen-bond donors (Lipinski definition) is 2. The predicted molar refractivity (Wildman–Crippen MR) is 103 cm³/mol. The van der Waals surface area contributed by atoms with Crippen LogP contribution in [0.1, 0.15) is 6.92 Å². The highest BCUT2D eigenvalue weighted by molar-refractivity contribution is 8.00. The van der Waals surface area contributed by atoms with Crippen LogP contribution < -0.4 is 15.9 Å². The first-order chi connectivity index (χ1) is 12.6. The summed E-state index contributed by atoms with van der Waals surface area (Å²) in [6.45, 7) is 1.78. The number of thioether (sulfide) groups is 1. The minimum atomic E-state index is -0.421. The second-order valence-corrected chi connectivity index (χ2v) is 6.80. The molecule has 26 heavy (non-hydrogen) atoms. The molecule has 0 fully saturated rings. The number of aromatic nitrogens is 3. The van der Waals surface area contributed by atoms with E-state index in [4.69, 9.17) is 10.6 Å². The van der Waals surface area contributed by atoms with E-state index >= 15 is 0 Å². The zero-order valence-electron chi connectivity index (χ0n) is 14.4. The van der Waals surface area contributed by atoms with E-state index in [1.807, 2.05) is 42.5 Å². The lowest BCUT2D eigenvalue weighted by molar-refractivity contribution is -0.115. The quantitative estimate of drug-likeness (QED) is 0.512. The fourth-order valence-electron chi connectivity index (χ4n) is 2.34. The van der Waals surface area contributed by atoms with Gasteiger partial charge in [0.15, 0.2) is 5.82 Å². The number of methoxy groups -OCH3 is 1. The van der Waals surface area contributed by atoms with Gasteiger partial charge in [0.1, 0.15) is 5.75 Å². The van der Waals surface area contributed by atoms with Crippen LogP contribution in [0.15, 0.2) is 59.8 Å². The minimum absolute atomic E-state index is 0.177. The SMILES string of the molecule is COc1ccccc1NC(=O)C(C)Sc1nnc(-c2ccccc2)n1N. The van der Waals surface area contributed by atoms with Gasteiger partial charge in [-0.3, -0.25) is 4.79 Å². The van der Waals surface area contributed by atoms with Crippen LogP contribution in [0, 0.1) is 0 Å². The monoisotopic (exact) mass is 369 g/mol. The van der Waals surface area contributed by atoms with E-state index in [0.29, 0.717) is 22.4 Å². The van der Waals surface area contributed by atoms with Crippen LogP contribution in [0.3, 0.4) is 0 Å². The Morgan fingerprint density at radius 1 is 1.15 bits per heavy atom. The molecule has 8 heteroatoms. The molecule has 0 radical (unpaired) electrons. The predicted octanol–water partition coefficient (Wildman–Crippen LogP) is 2.79. The topological polar surface area (TPSA) is 95.1 Å². The molecular weight excluding hydrogens is 350 g/mol. The molecule has 1 atom stereocenters. The van der Waals surface area contributed by atoms with Gasteiger partial charge in [0.25, 0.3) is 0 Å². The number of nitrogens with zero attached hydrogens (tertiary/aromatic N) is 3. The maximum Gasteiger partial charge on any atom is 0.237 e. The fourth-order valence-corrected chi connectivity index (χ4v) is 3.11. The summed E-state index contributed by atoms with van der Waals surface area (Å²) in [5, 5.41) is 11.1. The molecule has 134 valence electrons. The van der Waals surface area contributed by atoms with Crippen molar-refractivity contribution in [3.05, 3.63) is 54.6 Å². The van der Waals surface area contributed by atoms with E-state index in [-0.39, 0.29) is 5.91 Å². The summed E-state index contributed by atoms with van der Waals surface area (Å²) in [6, 6.07) is 16.8. The molecular formula is C18H19N5O2S. The summed E-state index contributed by atoms with van der Waals surface area (Å²) in [5.74, 6) is 7.07. The van der Waals surface area contributed by atoms with Crippen molar-refractivity contribution in [3.8, 4) is 17.1 Å². The Morgan fingerprint density at radius 2 is 1.85 bits per heavy atom. The molecule has 7 nitrogen and oxygen atoms in total. The third-order valence-electron chi connectivity index (χ3n) is 3.71. The number of anilines is 1. The lowest BCUT2D eigenvalue weighted by Crippen LogP contribution is -2.24. The van der Waals surface area contributed by atoms with E-state index in [1.165, 1.54) is 16.4 Å². The van der Waals surface area contributed by atoms with Crippen LogP contribution >= 0.6 is 11.8 Å². The molecule has 0 bridgehead atoms. The third kappa shape index (κ3) is 3.80. The Bertz CT molecular complexity index is 898. The van der Waals surface area contributed by atoms with E-state index in [2.05, 4.69) is 15.5 Å². The van der Waals surface area contributed by atoms with Gasteiger partial charge in [-0.15, -0.1) is 10.2 Å². The van der Waals surface area contributed by atoms with Gasteiger partial charge in [-0.05, 0) is 19.1 Å². The fraction of sp³-hybridized carbons (Fsp3) is 0.167. The Kier molecular flexibility index (Phi) is 5.43. The number of hydrogen-bond acceptors (Lipinski definition) is 6. The van der Waals surface area contributed by atoms with E-state index in [9.17, 15) is 4.79 Å². The lowest BCUT2D eigenvalue weighted by Gasteiger charge is -2.13. The number of nitrogen functional groups attached to an aromatic ring is 1. The van der Waals surface area contributed by atoms with Crippen molar-refractivity contribution in [2.45, 2.75) is 17.3 Å². The number of carbonyl (C=O) groups excluding carboxylic acids is 1. The summed E-state index contributed by atoms with van der Waals surface area (Å²) in [5.41, 5.74) is 1.48. The number of nitrogens with two attached hydrogens (primary N) is 1. The number of rotatable bonds is 6. The number of carbonyl (C=O) groups is 1. The summed E-state index contributed by atoms with van der Waals surface area (Å²) in [7, 11) is 1.56. The Morgan fingerprint density at radius 3 is 2.58 bits per heavy atom. The van der Waals surface area contributed by atoms with Gasteiger partial charge in [-0.2, -0.15) is 0 Å². The maximum atomic E-state index is 12.5. The number of nitrogens with one attached hydrogen (secondary N) is 1. The van der Waals surface area contributed by atoms with Gasteiger partial charge in [-0.25, -0.2) is 4.68 Å². The molecule has 0 spiro atoms. The van der Waals surface area contributed by atoms with Crippen LogP contribution in [-0.2, 0) is 4.79 Å². The zero-order valence-corrected chi connectivity index (χ0v) is 15.2. The Hall–Kier alpha value is -3.00. The first-order valence-corrected chi connectivity index (χ1v) is 8.84. The molecule has 3 aromatic rings. The van der Waals surface area contributed by atoms with Gasteiger partial charge in [-0.1, -0.05) is 54.2 Å². The Balaban J connectivity index is 1.71. The van der Waals surface area contributed by atoms with Crippen LogP contribution in [0.2, 0.25) is 0 Å². The molecule has 1 aromatic heterocycles. The highest BCUT2D eigenvalue weighted by atomic mass is 32.2. The lowest BCUT2D eigenvalue weighted by atomic mass is 10.2. The Labute approximate surface area is 155 Å². The molecule has 0 aliphatic carbocycles. The molecule has 0 aliphatic heterocycles. The maximum absolute atomic E-state index is 12.5. The first kappa shape index (κ1) is 17.8. The van der Waals surface area contributed by atoms with Crippen LogP contribution in [0.5, 0.6) is 5.75 Å². The molecule has 3 rings (SSSR count). The summed E-state index contributed by atoms with van der Waals surface area (Å²) in [6.07, 6.45) is 0. The molecule has 0 saturated heterocycles. The summed E-state index contributed by atoms with van der Waals surface area (Å²) >= 11 is 1.24. The second kappa shape index (κ2) is 7.92. The standard InChI is InChI=1S/C18H19N5O2S/c1-12(17(24)20-14-10-6-7-11-15(14)25-2)26-18-22-21-16(23(18)19)13-8-4-3-5-9-13/h3-12H,19H2,1-2H3,(H,20,24). The minimum Gasteiger partial charge on any atom is -0.495 e. The van der Waals surface area contributed by atoms with Gasteiger partial charge >= 0.3 is 0 Å². The zero-order chi connectivity index (χ0) is 18.5. The van der Waals surface area contributed by atoms with Crippen molar-refractivity contribution in [1.82, 2.24) is 14.9 Å². The van der Waals surface area contributed by atoms with Gasteiger partial charge in [0.05, 0.1) is 18.0 Å². The third-order valence-corrected chi connectivity index (χ3v) is 4.77. The van der Waals surface area contributed by atoms with Gasteiger partial charge in [0, 0.05) is 5.56 Å². The molecule has 1 amide bonds. The molecule has 3 N–H and O–H groups in total. The van der Waals surface area contributed by atoms with Crippen molar-refractivity contribution in [3.63, 3.8) is 0 Å². The van der Waals surface area contributed by atoms with Crippen LogP contribution in [0.25, 0.3) is 11.4 Å². The average molecular weight is 369 g/mol. The smallest absolute Gasteiger partial charge is 0.237 e. The molecule has 1 unspecified atom stereocenters. The van der Waals surface area contributed by atoms with E-state index in [0.717, 1.165) is 5.56 Å².